The van der Waals surface area contributed by atoms with Crippen molar-refractivity contribution in [3.05, 3.63) is 21.6 Å². The summed E-state index contributed by atoms with van der Waals surface area (Å²) in [6, 6.07) is 2.27. The highest BCUT2D eigenvalue weighted by atomic mass is 79.9. The second kappa shape index (κ2) is 4.53. The van der Waals surface area contributed by atoms with Gasteiger partial charge in [0.2, 0.25) is 0 Å². The number of amides is 1. The fourth-order valence-electron chi connectivity index (χ4n) is 1.87. The minimum absolute atomic E-state index is 0.115. The summed E-state index contributed by atoms with van der Waals surface area (Å²) in [5, 5.41) is 8.77. The predicted molar refractivity (Wildman–Crippen MR) is 65.6 cm³/mol. The molecule has 17 heavy (non-hydrogen) atoms. The number of nitriles is 1. The first-order valence-electron chi connectivity index (χ1n) is 5.49. The Morgan fingerprint density at radius 1 is 1.53 bits per heavy atom. The second-order valence-electron chi connectivity index (χ2n) is 4.23. The Labute approximate surface area is 108 Å². The van der Waals surface area contributed by atoms with E-state index in [4.69, 9.17) is 9.68 Å². The third-order valence-corrected chi connectivity index (χ3v) is 3.85. The second-order valence-corrected chi connectivity index (χ2v) is 5.02. The number of hydrogen-bond acceptors (Lipinski definition) is 3. The molecule has 90 valence electrons. The van der Waals surface area contributed by atoms with E-state index in [1.54, 1.807) is 18.7 Å². The Hall–Kier alpha value is -1.28. The smallest absolute Gasteiger partial charge is 0.259 e. The lowest BCUT2D eigenvalue weighted by Crippen LogP contribution is -2.33. The Morgan fingerprint density at radius 2 is 2.18 bits per heavy atom. The van der Waals surface area contributed by atoms with E-state index in [2.05, 4.69) is 15.9 Å². The maximum atomic E-state index is 12.4. The van der Waals surface area contributed by atoms with Crippen LogP contribution in [0.3, 0.4) is 0 Å². The van der Waals surface area contributed by atoms with Crippen molar-refractivity contribution < 1.29 is 9.21 Å². The molecule has 1 aliphatic carbocycles. The van der Waals surface area contributed by atoms with Crippen LogP contribution in [0.5, 0.6) is 0 Å². The van der Waals surface area contributed by atoms with Gasteiger partial charge in [0.15, 0.2) is 0 Å². The summed E-state index contributed by atoms with van der Waals surface area (Å²) in [6.07, 6.45) is 1.97. The molecule has 4 nitrogen and oxygen atoms in total. The summed E-state index contributed by atoms with van der Waals surface area (Å²) in [5.74, 6) is 1.18. The van der Waals surface area contributed by atoms with E-state index in [0.717, 1.165) is 12.8 Å². The molecule has 0 spiro atoms. The van der Waals surface area contributed by atoms with Gasteiger partial charge in [0.25, 0.3) is 5.91 Å². The van der Waals surface area contributed by atoms with E-state index in [-0.39, 0.29) is 18.5 Å². The van der Waals surface area contributed by atoms with Gasteiger partial charge in [0, 0.05) is 6.04 Å². The number of hydrogen-bond donors (Lipinski definition) is 0. The molecule has 0 radical (unpaired) electrons. The highest BCUT2D eigenvalue weighted by molar-refractivity contribution is 9.10. The van der Waals surface area contributed by atoms with Crippen LogP contribution in [0.4, 0.5) is 0 Å². The first-order valence-corrected chi connectivity index (χ1v) is 6.29. The summed E-state index contributed by atoms with van der Waals surface area (Å²) in [4.78, 5) is 14.0. The van der Waals surface area contributed by atoms with Crippen LogP contribution >= 0.6 is 15.9 Å². The minimum atomic E-state index is -0.115. The molecule has 1 saturated carbocycles. The fraction of sp³-hybridized carbons (Fsp3) is 0.500. The van der Waals surface area contributed by atoms with Gasteiger partial charge in [0.05, 0.1) is 16.1 Å². The molecular weight excluding hydrogens is 284 g/mol. The average Bonchev–Trinajstić information content (AvgIpc) is 3.05. The van der Waals surface area contributed by atoms with Crippen LogP contribution in [-0.2, 0) is 0 Å². The molecule has 1 amide bonds. The molecule has 1 heterocycles. The molecule has 1 aromatic heterocycles. The molecule has 0 aliphatic heterocycles. The van der Waals surface area contributed by atoms with E-state index in [1.165, 1.54) is 0 Å². The van der Waals surface area contributed by atoms with Crippen molar-refractivity contribution in [2.24, 2.45) is 0 Å². The van der Waals surface area contributed by atoms with Crippen molar-refractivity contribution in [3.63, 3.8) is 0 Å². The largest absolute Gasteiger partial charge is 0.465 e. The third kappa shape index (κ3) is 2.22. The van der Waals surface area contributed by atoms with Gasteiger partial charge < -0.3 is 9.32 Å². The molecule has 0 bridgehead atoms. The van der Waals surface area contributed by atoms with Crippen LogP contribution < -0.4 is 0 Å². The Morgan fingerprint density at radius 3 is 2.59 bits per heavy atom. The van der Waals surface area contributed by atoms with Gasteiger partial charge in [0.1, 0.15) is 18.1 Å². The Bertz CT molecular complexity index is 497. The zero-order valence-electron chi connectivity index (χ0n) is 9.79. The zero-order valence-corrected chi connectivity index (χ0v) is 11.4. The van der Waals surface area contributed by atoms with Crippen LogP contribution in [0.25, 0.3) is 0 Å². The van der Waals surface area contributed by atoms with Crippen LogP contribution in [0.15, 0.2) is 8.89 Å². The van der Waals surface area contributed by atoms with Crippen LogP contribution in [0.1, 0.15) is 34.7 Å². The molecule has 0 aromatic carbocycles. The summed E-state index contributed by atoms with van der Waals surface area (Å²) >= 11 is 3.37. The summed E-state index contributed by atoms with van der Waals surface area (Å²) in [7, 11) is 0. The Kier molecular flexibility index (Phi) is 3.25. The molecule has 1 fully saturated rings. The van der Waals surface area contributed by atoms with Crippen molar-refractivity contribution in [2.75, 3.05) is 6.54 Å². The standard InChI is InChI=1S/C12H13BrN2O2/c1-7-10(11(13)8(2)17-7)12(16)15(6-5-14)9-3-4-9/h9H,3-4,6H2,1-2H3. The lowest BCUT2D eigenvalue weighted by Gasteiger charge is -2.18. The molecule has 5 heteroatoms. The molecular formula is C12H13BrN2O2. The number of furan rings is 1. The average molecular weight is 297 g/mol. The van der Waals surface area contributed by atoms with Crippen LogP contribution in [0.2, 0.25) is 0 Å². The van der Waals surface area contributed by atoms with Crippen LogP contribution in [-0.4, -0.2) is 23.4 Å². The number of nitrogens with zero attached hydrogens (tertiary/aromatic N) is 2. The van der Waals surface area contributed by atoms with Crippen molar-refractivity contribution in [1.82, 2.24) is 4.90 Å². The normalized spacial score (nSPS) is 14.5. The molecule has 0 N–H and O–H groups in total. The fourth-order valence-corrected chi connectivity index (χ4v) is 2.40. The monoisotopic (exact) mass is 296 g/mol. The molecule has 2 rings (SSSR count). The van der Waals surface area contributed by atoms with Gasteiger partial charge in [-0.15, -0.1) is 0 Å². The number of aryl methyl sites for hydroxylation is 2. The van der Waals surface area contributed by atoms with Crippen molar-refractivity contribution in [2.45, 2.75) is 32.7 Å². The highest BCUT2D eigenvalue weighted by Gasteiger charge is 2.35. The van der Waals surface area contributed by atoms with Crippen LogP contribution in [0, 0.1) is 25.2 Å². The highest BCUT2D eigenvalue weighted by Crippen LogP contribution is 2.33. The maximum absolute atomic E-state index is 12.4. The molecule has 1 aromatic rings. The number of carbonyl (C=O) groups is 1. The lowest BCUT2D eigenvalue weighted by atomic mass is 10.2. The summed E-state index contributed by atoms with van der Waals surface area (Å²) in [5.41, 5.74) is 0.546. The van der Waals surface area contributed by atoms with E-state index in [1.807, 2.05) is 6.07 Å². The number of rotatable bonds is 3. The van der Waals surface area contributed by atoms with Gasteiger partial charge in [-0.1, -0.05) is 0 Å². The van der Waals surface area contributed by atoms with Gasteiger partial charge in [-0.3, -0.25) is 4.79 Å². The SMILES string of the molecule is Cc1oc(C)c(C(=O)N(CC#N)C2CC2)c1Br. The first kappa shape index (κ1) is 12.2. The van der Waals surface area contributed by atoms with E-state index < -0.39 is 0 Å². The van der Waals surface area contributed by atoms with E-state index in [0.29, 0.717) is 21.6 Å². The van der Waals surface area contributed by atoms with Gasteiger partial charge >= 0.3 is 0 Å². The zero-order chi connectivity index (χ0) is 12.6. The third-order valence-electron chi connectivity index (χ3n) is 2.89. The topological polar surface area (TPSA) is 57.2 Å². The summed E-state index contributed by atoms with van der Waals surface area (Å²) < 4.78 is 6.12. The first-order chi connectivity index (χ1) is 8.06. The van der Waals surface area contributed by atoms with Gasteiger partial charge in [-0.25, -0.2) is 0 Å². The van der Waals surface area contributed by atoms with Crippen molar-refractivity contribution in [1.29, 1.82) is 5.26 Å². The molecule has 0 atom stereocenters. The van der Waals surface area contributed by atoms with E-state index in [9.17, 15) is 4.79 Å². The van der Waals surface area contributed by atoms with Gasteiger partial charge in [-0.05, 0) is 42.6 Å². The summed E-state index contributed by atoms with van der Waals surface area (Å²) in [6.45, 7) is 3.71. The minimum Gasteiger partial charge on any atom is -0.465 e. The quantitative estimate of drug-likeness (QED) is 0.806. The number of halogens is 1. The van der Waals surface area contributed by atoms with Crippen molar-refractivity contribution in [3.8, 4) is 6.07 Å². The van der Waals surface area contributed by atoms with E-state index >= 15 is 0 Å². The lowest BCUT2D eigenvalue weighted by molar-refractivity contribution is 0.0762. The maximum Gasteiger partial charge on any atom is 0.259 e. The molecule has 1 aliphatic rings. The van der Waals surface area contributed by atoms with Crippen molar-refractivity contribution >= 4 is 21.8 Å². The molecule has 0 unspecified atom stereocenters. The number of carbonyl (C=O) groups excluding carboxylic acids is 1. The van der Waals surface area contributed by atoms with Gasteiger partial charge in [-0.2, -0.15) is 5.26 Å². The predicted octanol–water partition coefficient (Wildman–Crippen LogP) is 2.79. The molecule has 0 saturated heterocycles. The Balaban J connectivity index is 2.32.